The zero-order chi connectivity index (χ0) is 19.3. The lowest BCUT2D eigenvalue weighted by Gasteiger charge is -2.07. The molecule has 0 saturated carbocycles. The Kier molecular flexibility index (Phi) is 5.43. The maximum Gasteiger partial charge on any atom is 0.230 e. The summed E-state index contributed by atoms with van der Waals surface area (Å²) < 4.78 is 7.88. The number of rotatable bonds is 7. The number of carbonyl (C=O) groups is 1. The number of amides is 1. The van der Waals surface area contributed by atoms with E-state index in [1.807, 2.05) is 72.2 Å². The highest BCUT2D eigenvalue weighted by Gasteiger charge is 2.17. The van der Waals surface area contributed by atoms with Gasteiger partial charge in [0.2, 0.25) is 11.7 Å². The first-order valence-electron chi connectivity index (χ1n) is 9.10. The van der Waals surface area contributed by atoms with Gasteiger partial charge in [0.05, 0.1) is 5.75 Å². The molecule has 0 aliphatic carbocycles. The molecule has 2 aromatic carbocycles. The monoisotopic (exact) mass is 392 g/mol. The molecule has 1 N–H and O–H groups in total. The number of nitrogens with zero attached hydrogens (tertiary/aromatic N) is 3. The molecule has 142 valence electrons. The summed E-state index contributed by atoms with van der Waals surface area (Å²) in [5.74, 6) is 1.59. The van der Waals surface area contributed by atoms with Crippen molar-refractivity contribution in [3.05, 3.63) is 66.2 Å². The number of thioether (sulfide) groups is 1. The van der Waals surface area contributed by atoms with Crippen molar-refractivity contribution in [1.29, 1.82) is 0 Å². The Bertz CT molecular complexity index is 1060. The Morgan fingerprint density at radius 3 is 2.68 bits per heavy atom. The second kappa shape index (κ2) is 8.31. The van der Waals surface area contributed by atoms with Gasteiger partial charge < -0.3 is 9.73 Å². The molecule has 28 heavy (non-hydrogen) atoms. The molecule has 0 bridgehead atoms. The van der Waals surface area contributed by atoms with Gasteiger partial charge in [-0.3, -0.25) is 9.36 Å². The highest BCUT2D eigenvalue weighted by Crippen LogP contribution is 2.29. The Balaban J connectivity index is 1.43. The number of fused-ring (bicyclic) bond motifs is 1. The zero-order valence-corrected chi connectivity index (χ0v) is 16.3. The Hall–Kier alpha value is -3.06. The first-order chi connectivity index (χ1) is 13.7. The molecule has 4 rings (SSSR count). The molecule has 0 saturated heterocycles. The van der Waals surface area contributed by atoms with Gasteiger partial charge in [0.15, 0.2) is 10.9 Å². The van der Waals surface area contributed by atoms with Gasteiger partial charge in [0.25, 0.3) is 0 Å². The fourth-order valence-corrected chi connectivity index (χ4v) is 3.76. The van der Waals surface area contributed by atoms with E-state index >= 15 is 0 Å². The van der Waals surface area contributed by atoms with E-state index < -0.39 is 0 Å². The number of benzene rings is 2. The van der Waals surface area contributed by atoms with Crippen molar-refractivity contribution in [1.82, 2.24) is 20.1 Å². The van der Waals surface area contributed by atoms with Gasteiger partial charge in [-0.25, -0.2) is 0 Å². The number of hydrogen-bond donors (Lipinski definition) is 1. The molecule has 0 unspecified atom stereocenters. The van der Waals surface area contributed by atoms with Gasteiger partial charge in [-0.15, -0.1) is 10.2 Å². The molecular weight excluding hydrogens is 372 g/mol. The number of furan rings is 1. The third-order valence-electron chi connectivity index (χ3n) is 4.34. The highest BCUT2D eigenvalue weighted by atomic mass is 32.2. The summed E-state index contributed by atoms with van der Waals surface area (Å²) in [6, 6.07) is 19.7. The Morgan fingerprint density at radius 2 is 1.89 bits per heavy atom. The van der Waals surface area contributed by atoms with Crippen LogP contribution in [0.25, 0.3) is 22.6 Å². The van der Waals surface area contributed by atoms with Gasteiger partial charge >= 0.3 is 0 Å². The van der Waals surface area contributed by atoms with Gasteiger partial charge in [0, 0.05) is 18.5 Å². The van der Waals surface area contributed by atoms with E-state index in [1.54, 1.807) is 0 Å². The molecule has 6 nitrogen and oxygen atoms in total. The summed E-state index contributed by atoms with van der Waals surface area (Å²) in [4.78, 5) is 12.2. The third kappa shape index (κ3) is 3.94. The molecule has 0 aliphatic heterocycles. The van der Waals surface area contributed by atoms with Crippen LogP contribution in [-0.2, 0) is 17.9 Å². The molecule has 2 aromatic heterocycles. The maximum atomic E-state index is 12.2. The van der Waals surface area contributed by atoms with Crippen molar-refractivity contribution in [2.24, 2.45) is 0 Å². The lowest BCUT2D eigenvalue weighted by Crippen LogP contribution is -2.24. The SMILES string of the molecule is CCn1c(SCC(=O)NCc2ccccc2)nnc1-c1cc2ccccc2o1. The third-order valence-corrected chi connectivity index (χ3v) is 5.31. The van der Waals surface area contributed by atoms with E-state index in [-0.39, 0.29) is 11.7 Å². The van der Waals surface area contributed by atoms with Gasteiger partial charge in [-0.05, 0) is 24.6 Å². The van der Waals surface area contributed by atoms with Crippen LogP contribution in [0.5, 0.6) is 0 Å². The lowest BCUT2D eigenvalue weighted by atomic mass is 10.2. The van der Waals surface area contributed by atoms with Crippen molar-refractivity contribution in [3.8, 4) is 11.6 Å². The molecule has 0 atom stereocenters. The molecule has 1 amide bonds. The quantitative estimate of drug-likeness (QED) is 0.479. The van der Waals surface area contributed by atoms with Crippen molar-refractivity contribution < 1.29 is 9.21 Å². The minimum absolute atomic E-state index is 0.0372. The largest absolute Gasteiger partial charge is 0.453 e. The molecule has 0 radical (unpaired) electrons. The average molecular weight is 392 g/mol. The van der Waals surface area contributed by atoms with E-state index in [9.17, 15) is 4.79 Å². The minimum Gasteiger partial charge on any atom is -0.453 e. The number of nitrogens with one attached hydrogen (secondary N) is 1. The van der Waals surface area contributed by atoms with Crippen LogP contribution < -0.4 is 5.32 Å². The van der Waals surface area contributed by atoms with Crippen LogP contribution in [0.3, 0.4) is 0 Å². The Labute approximate surface area is 167 Å². The maximum absolute atomic E-state index is 12.2. The van der Waals surface area contributed by atoms with E-state index in [4.69, 9.17) is 4.42 Å². The number of hydrogen-bond acceptors (Lipinski definition) is 5. The summed E-state index contributed by atoms with van der Waals surface area (Å²) >= 11 is 1.37. The van der Waals surface area contributed by atoms with Crippen LogP contribution in [0, 0.1) is 0 Å². The summed E-state index contributed by atoms with van der Waals surface area (Å²) in [6.07, 6.45) is 0. The first-order valence-corrected chi connectivity index (χ1v) is 10.1. The van der Waals surface area contributed by atoms with Crippen LogP contribution >= 0.6 is 11.8 Å². The fraction of sp³-hybridized carbons (Fsp3) is 0.190. The van der Waals surface area contributed by atoms with E-state index in [0.29, 0.717) is 29.8 Å². The van der Waals surface area contributed by atoms with E-state index in [0.717, 1.165) is 16.5 Å². The van der Waals surface area contributed by atoms with Gasteiger partial charge in [-0.2, -0.15) is 0 Å². The summed E-state index contributed by atoms with van der Waals surface area (Å²) in [5, 5.41) is 13.2. The number of aromatic nitrogens is 3. The molecular formula is C21H20N4O2S. The van der Waals surface area contributed by atoms with Crippen LogP contribution in [0.2, 0.25) is 0 Å². The second-order valence-corrected chi connectivity index (χ2v) is 7.19. The molecule has 0 spiro atoms. The van der Waals surface area contributed by atoms with Crippen LogP contribution in [0.1, 0.15) is 12.5 Å². The zero-order valence-electron chi connectivity index (χ0n) is 15.5. The second-order valence-electron chi connectivity index (χ2n) is 6.25. The molecule has 7 heteroatoms. The highest BCUT2D eigenvalue weighted by molar-refractivity contribution is 7.99. The van der Waals surface area contributed by atoms with Gasteiger partial charge in [-0.1, -0.05) is 60.3 Å². The minimum atomic E-state index is -0.0372. The van der Waals surface area contributed by atoms with Crippen LogP contribution in [0.4, 0.5) is 0 Å². The number of para-hydroxylation sites is 1. The molecule has 0 aliphatic rings. The predicted molar refractivity (Wildman–Crippen MR) is 110 cm³/mol. The van der Waals surface area contributed by atoms with E-state index in [2.05, 4.69) is 15.5 Å². The topological polar surface area (TPSA) is 73.0 Å². The van der Waals surface area contributed by atoms with Crippen LogP contribution in [-0.4, -0.2) is 26.4 Å². The molecule has 4 aromatic rings. The molecule has 2 heterocycles. The smallest absolute Gasteiger partial charge is 0.230 e. The van der Waals surface area contributed by atoms with Crippen LogP contribution in [0.15, 0.2) is 70.2 Å². The molecule has 0 fully saturated rings. The average Bonchev–Trinajstić information content (AvgIpc) is 3.34. The first kappa shape index (κ1) is 18.3. The summed E-state index contributed by atoms with van der Waals surface area (Å²) in [5.41, 5.74) is 1.89. The van der Waals surface area contributed by atoms with Gasteiger partial charge in [0.1, 0.15) is 5.58 Å². The van der Waals surface area contributed by atoms with Crippen molar-refractivity contribution in [2.75, 3.05) is 5.75 Å². The van der Waals surface area contributed by atoms with Crippen molar-refractivity contribution in [3.63, 3.8) is 0 Å². The Morgan fingerprint density at radius 1 is 1.11 bits per heavy atom. The summed E-state index contributed by atoms with van der Waals surface area (Å²) in [6.45, 7) is 3.23. The predicted octanol–water partition coefficient (Wildman–Crippen LogP) is 4.12. The summed E-state index contributed by atoms with van der Waals surface area (Å²) in [7, 11) is 0. The standard InChI is InChI=1S/C21H20N4O2S/c1-2-25-20(18-12-16-10-6-7-11-17(16)27-18)23-24-21(25)28-14-19(26)22-13-15-8-4-3-5-9-15/h3-12H,2,13-14H2,1H3,(H,22,26). The fourth-order valence-electron chi connectivity index (χ4n) is 2.93. The van der Waals surface area contributed by atoms with Crippen molar-refractivity contribution >= 4 is 28.6 Å². The van der Waals surface area contributed by atoms with Crippen molar-refractivity contribution in [2.45, 2.75) is 25.2 Å². The number of carbonyl (C=O) groups excluding carboxylic acids is 1. The normalized spacial score (nSPS) is 11.0. The van der Waals surface area contributed by atoms with E-state index in [1.165, 1.54) is 11.8 Å². The lowest BCUT2D eigenvalue weighted by molar-refractivity contribution is -0.118.